The molecule has 17 heavy (non-hydrogen) atoms. The Bertz CT molecular complexity index is 498. The second-order valence-corrected chi connectivity index (χ2v) is 4.44. The number of carboxylic acid groups (broad SMARTS) is 1. The van der Waals surface area contributed by atoms with Crippen LogP contribution in [0.1, 0.15) is 35.7 Å². The summed E-state index contributed by atoms with van der Waals surface area (Å²) in [6.45, 7) is 1.56. The predicted molar refractivity (Wildman–Crippen MR) is 65.4 cm³/mol. The van der Waals surface area contributed by atoms with Crippen molar-refractivity contribution in [3.63, 3.8) is 0 Å². The number of halogens is 1. The molecule has 0 radical (unpaired) electrons. The van der Waals surface area contributed by atoms with Gasteiger partial charge in [-0.1, -0.05) is 11.6 Å². The monoisotopic (exact) mass is 253 g/mol. The normalized spacial score (nSPS) is 14.5. The van der Waals surface area contributed by atoms with E-state index >= 15 is 0 Å². The molecule has 0 aliphatic heterocycles. The van der Waals surface area contributed by atoms with Gasteiger partial charge in [-0.05, 0) is 19.8 Å². The average Bonchev–Trinajstić information content (AvgIpc) is 3.00. The van der Waals surface area contributed by atoms with Crippen molar-refractivity contribution in [1.29, 1.82) is 5.41 Å². The summed E-state index contributed by atoms with van der Waals surface area (Å²) in [4.78, 5) is 15.0. The van der Waals surface area contributed by atoms with Gasteiger partial charge in [0.2, 0.25) is 0 Å². The minimum atomic E-state index is -1.14. The van der Waals surface area contributed by atoms with Crippen LogP contribution < -0.4 is 5.32 Å². The first-order chi connectivity index (χ1) is 8.00. The van der Waals surface area contributed by atoms with Crippen LogP contribution in [0, 0.1) is 5.41 Å². The van der Waals surface area contributed by atoms with Gasteiger partial charge in [0.05, 0.1) is 16.1 Å². The average molecular weight is 254 g/mol. The van der Waals surface area contributed by atoms with Crippen LogP contribution in [0.15, 0.2) is 6.20 Å². The van der Waals surface area contributed by atoms with Crippen LogP contribution in [0.2, 0.25) is 5.02 Å². The molecule has 6 heteroatoms. The third-order valence-electron chi connectivity index (χ3n) is 2.54. The highest BCUT2D eigenvalue weighted by atomic mass is 35.5. The lowest BCUT2D eigenvalue weighted by molar-refractivity contribution is 0.0696. The van der Waals surface area contributed by atoms with Crippen LogP contribution in [0.4, 0.5) is 5.82 Å². The Balaban J connectivity index is 2.48. The smallest absolute Gasteiger partial charge is 0.338 e. The second kappa shape index (κ2) is 4.33. The molecule has 1 heterocycles. The van der Waals surface area contributed by atoms with Gasteiger partial charge in [0, 0.05) is 18.0 Å². The zero-order chi connectivity index (χ0) is 12.6. The van der Waals surface area contributed by atoms with E-state index in [0.29, 0.717) is 17.4 Å². The molecule has 1 aliphatic carbocycles. The van der Waals surface area contributed by atoms with Gasteiger partial charge in [0.1, 0.15) is 5.82 Å². The van der Waals surface area contributed by atoms with Crippen molar-refractivity contribution in [2.45, 2.75) is 25.8 Å². The number of hydrogen-bond donors (Lipinski definition) is 3. The third kappa shape index (κ3) is 2.39. The van der Waals surface area contributed by atoms with E-state index in [9.17, 15) is 4.79 Å². The number of aromatic carboxylic acids is 1. The Morgan fingerprint density at radius 2 is 2.29 bits per heavy atom. The van der Waals surface area contributed by atoms with E-state index in [4.69, 9.17) is 22.1 Å². The minimum Gasteiger partial charge on any atom is -0.478 e. The molecular formula is C11H12ClN3O2. The first-order valence-electron chi connectivity index (χ1n) is 5.24. The van der Waals surface area contributed by atoms with Gasteiger partial charge in [0.25, 0.3) is 0 Å². The summed E-state index contributed by atoms with van der Waals surface area (Å²) in [5.41, 5.74) is 0.502. The fraction of sp³-hybridized carbons (Fsp3) is 0.364. The van der Waals surface area contributed by atoms with Gasteiger partial charge in [-0.25, -0.2) is 9.78 Å². The van der Waals surface area contributed by atoms with Crippen LogP contribution in [0.5, 0.6) is 0 Å². The van der Waals surface area contributed by atoms with Crippen LogP contribution in [-0.4, -0.2) is 27.8 Å². The van der Waals surface area contributed by atoms with Gasteiger partial charge >= 0.3 is 5.97 Å². The van der Waals surface area contributed by atoms with E-state index in [1.54, 1.807) is 6.92 Å². The van der Waals surface area contributed by atoms with Gasteiger partial charge in [0.15, 0.2) is 0 Å². The third-order valence-corrected chi connectivity index (χ3v) is 2.93. The van der Waals surface area contributed by atoms with Crippen LogP contribution >= 0.6 is 11.6 Å². The molecule has 1 saturated carbocycles. The maximum absolute atomic E-state index is 10.9. The summed E-state index contributed by atoms with van der Waals surface area (Å²) in [6, 6.07) is 0.368. The molecule has 0 saturated heterocycles. The second-order valence-electron chi connectivity index (χ2n) is 4.06. The molecule has 5 nitrogen and oxygen atoms in total. The van der Waals surface area contributed by atoms with Crippen molar-refractivity contribution >= 4 is 29.1 Å². The molecule has 0 unspecified atom stereocenters. The summed E-state index contributed by atoms with van der Waals surface area (Å²) < 4.78 is 0. The lowest BCUT2D eigenvalue weighted by Crippen LogP contribution is -2.12. The number of carbonyl (C=O) groups is 1. The fourth-order valence-electron chi connectivity index (χ4n) is 1.51. The molecule has 0 amide bonds. The van der Waals surface area contributed by atoms with Crippen molar-refractivity contribution in [3.05, 3.63) is 22.3 Å². The Hall–Kier alpha value is -1.62. The largest absolute Gasteiger partial charge is 0.478 e. The quantitative estimate of drug-likeness (QED) is 0.719. The van der Waals surface area contributed by atoms with E-state index in [-0.39, 0.29) is 16.3 Å². The number of nitrogens with one attached hydrogen (secondary N) is 2. The van der Waals surface area contributed by atoms with Crippen LogP contribution in [0.25, 0.3) is 0 Å². The number of anilines is 1. The van der Waals surface area contributed by atoms with Gasteiger partial charge in [-0.2, -0.15) is 0 Å². The van der Waals surface area contributed by atoms with Crippen molar-refractivity contribution in [2.75, 3.05) is 5.32 Å². The number of rotatable bonds is 4. The molecule has 1 aliphatic rings. The highest BCUT2D eigenvalue weighted by Gasteiger charge is 2.25. The lowest BCUT2D eigenvalue weighted by Gasteiger charge is -2.12. The number of nitrogens with zero attached hydrogens (tertiary/aromatic N) is 1. The fourth-order valence-corrected chi connectivity index (χ4v) is 1.87. The SMILES string of the molecule is CC(=N)c1c(NC2CC2)ncc(C(=O)O)c1Cl. The highest BCUT2D eigenvalue weighted by molar-refractivity contribution is 6.37. The summed E-state index contributed by atoms with van der Waals surface area (Å²) >= 11 is 6.01. The molecule has 3 N–H and O–H groups in total. The number of hydrogen-bond acceptors (Lipinski definition) is 4. The molecule has 1 aromatic rings. The predicted octanol–water partition coefficient (Wildman–Crippen LogP) is 2.40. The molecule has 1 fully saturated rings. The molecule has 0 spiro atoms. The molecule has 2 rings (SSSR count). The maximum atomic E-state index is 10.9. The first-order valence-corrected chi connectivity index (χ1v) is 5.62. The topological polar surface area (TPSA) is 86.1 Å². The summed E-state index contributed by atoms with van der Waals surface area (Å²) in [7, 11) is 0. The number of carboxylic acids is 1. The Kier molecular flexibility index (Phi) is 3.02. The summed E-state index contributed by atoms with van der Waals surface area (Å²) in [5.74, 6) is -0.641. The van der Waals surface area contributed by atoms with Crippen LogP contribution in [0.3, 0.4) is 0 Å². The van der Waals surface area contributed by atoms with Crippen molar-refractivity contribution in [3.8, 4) is 0 Å². The van der Waals surface area contributed by atoms with Crippen molar-refractivity contribution in [1.82, 2.24) is 4.98 Å². The zero-order valence-corrected chi connectivity index (χ0v) is 10.0. The van der Waals surface area contributed by atoms with Crippen LogP contribution in [-0.2, 0) is 0 Å². The van der Waals surface area contributed by atoms with Gasteiger partial charge < -0.3 is 15.8 Å². The van der Waals surface area contributed by atoms with E-state index in [2.05, 4.69) is 10.3 Å². The number of aromatic nitrogens is 1. The zero-order valence-electron chi connectivity index (χ0n) is 9.25. The Labute approximate surface area is 103 Å². The van der Waals surface area contributed by atoms with Gasteiger partial charge in [-0.15, -0.1) is 0 Å². The minimum absolute atomic E-state index is 0.0724. The molecule has 0 atom stereocenters. The molecular weight excluding hydrogens is 242 g/mol. The molecule has 0 bridgehead atoms. The Morgan fingerprint density at radius 1 is 1.65 bits per heavy atom. The molecule has 1 aromatic heterocycles. The van der Waals surface area contributed by atoms with Crippen molar-refractivity contribution < 1.29 is 9.90 Å². The Morgan fingerprint density at radius 3 is 2.76 bits per heavy atom. The first kappa shape index (κ1) is 11.9. The van der Waals surface area contributed by atoms with E-state index in [1.807, 2.05) is 0 Å². The molecule has 0 aromatic carbocycles. The van der Waals surface area contributed by atoms with E-state index in [0.717, 1.165) is 12.8 Å². The van der Waals surface area contributed by atoms with Crippen molar-refractivity contribution in [2.24, 2.45) is 0 Å². The van der Waals surface area contributed by atoms with E-state index < -0.39 is 5.97 Å². The highest BCUT2D eigenvalue weighted by Crippen LogP contribution is 2.30. The van der Waals surface area contributed by atoms with Gasteiger partial charge in [-0.3, -0.25) is 0 Å². The standard InChI is InChI=1S/C11H12ClN3O2/c1-5(13)8-9(12)7(11(16)17)4-14-10(8)15-6-2-3-6/h4,6,13H,2-3H2,1H3,(H,14,15)(H,16,17). The maximum Gasteiger partial charge on any atom is 0.338 e. The van der Waals surface area contributed by atoms with E-state index in [1.165, 1.54) is 6.20 Å². The lowest BCUT2D eigenvalue weighted by atomic mass is 10.1. The summed E-state index contributed by atoms with van der Waals surface area (Å²) in [5, 5.41) is 19.8. The molecule has 90 valence electrons. The number of pyridine rings is 1. The summed E-state index contributed by atoms with van der Waals surface area (Å²) in [6.07, 6.45) is 3.36.